The molecule has 0 saturated carbocycles. The summed E-state index contributed by atoms with van der Waals surface area (Å²) in [5.41, 5.74) is -0.274. The molecule has 0 radical (unpaired) electrons. The molecule has 1 aromatic heterocycles. The van der Waals surface area contributed by atoms with Gasteiger partial charge in [0.2, 0.25) is 0 Å². The van der Waals surface area contributed by atoms with Crippen molar-refractivity contribution in [3.63, 3.8) is 0 Å². The molecule has 0 unspecified atom stereocenters. The zero-order chi connectivity index (χ0) is 10.2. The van der Waals surface area contributed by atoms with Crippen molar-refractivity contribution in [1.29, 1.82) is 0 Å². The summed E-state index contributed by atoms with van der Waals surface area (Å²) >= 11 is 0. The van der Waals surface area contributed by atoms with E-state index < -0.39 is 10.5 Å². The second-order valence-electron chi connectivity index (χ2n) is 3.51. The lowest BCUT2D eigenvalue weighted by Crippen LogP contribution is -2.60. The first-order valence-electron chi connectivity index (χ1n) is 4.21. The summed E-state index contributed by atoms with van der Waals surface area (Å²) in [4.78, 5) is 9.78. The molecular formula is C7H10N4O3. The quantitative estimate of drug-likeness (QED) is 0.435. The highest BCUT2D eigenvalue weighted by atomic mass is 16.6. The van der Waals surface area contributed by atoms with Gasteiger partial charge >= 0.3 is 5.82 Å². The number of aromatic amines is 1. The van der Waals surface area contributed by atoms with Crippen molar-refractivity contribution in [3.8, 4) is 0 Å². The van der Waals surface area contributed by atoms with Crippen LogP contribution in [0.5, 0.6) is 0 Å². The number of hydrogen-bond donors (Lipinski definition) is 3. The monoisotopic (exact) mass is 198 g/mol. The molecule has 1 fully saturated rings. The third kappa shape index (κ3) is 1.59. The predicted octanol–water partition coefficient (Wildman–Crippen LogP) is -0.805. The van der Waals surface area contributed by atoms with E-state index in [9.17, 15) is 15.2 Å². The first-order valence-corrected chi connectivity index (χ1v) is 4.21. The molecular weight excluding hydrogens is 188 g/mol. The molecule has 1 aromatic rings. The fraction of sp³-hybridized carbons (Fsp3) is 0.571. The Balaban J connectivity index is 2.06. The van der Waals surface area contributed by atoms with Gasteiger partial charge in [-0.15, -0.1) is 5.10 Å². The zero-order valence-electron chi connectivity index (χ0n) is 7.36. The first-order chi connectivity index (χ1) is 6.59. The van der Waals surface area contributed by atoms with Gasteiger partial charge in [0, 0.05) is 19.5 Å². The van der Waals surface area contributed by atoms with Gasteiger partial charge in [-0.2, -0.15) is 0 Å². The van der Waals surface area contributed by atoms with Crippen LogP contribution < -0.4 is 5.32 Å². The fourth-order valence-corrected chi connectivity index (χ4v) is 1.41. The number of aromatic nitrogens is 2. The Morgan fingerprint density at radius 3 is 2.86 bits per heavy atom. The predicted molar refractivity (Wildman–Crippen MR) is 46.8 cm³/mol. The van der Waals surface area contributed by atoms with Gasteiger partial charge in [-0.3, -0.25) is 0 Å². The highest BCUT2D eigenvalue weighted by Crippen LogP contribution is 2.18. The van der Waals surface area contributed by atoms with Crippen LogP contribution in [0.15, 0.2) is 6.07 Å². The van der Waals surface area contributed by atoms with Crippen molar-refractivity contribution in [2.75, 3.05) is 13.1 Å². The van der Waals surface area contributed by atoms with Crippen LogP contribution in [0.3, 0.4) is 0 Å². The number of β-amino-alcohol motifs (C(OH)–C–C–N with tert-alkyl or cyclic N) is 1. The molecule has 0 aromatic carbocycles. The maximum Gasteiger partial charge on any atom is 0.342 e. The first kappa shape index (κ1) is 9.10. The minimum Gasteiger partial charge on any atom is -0.387 e. The van der Waals surface area contributed by atoms with E-state index in [1.54, 1.807) is 0 Å². The van der Waals surface area contributed by atoms with E-state index in [4.69, 9.17) is 0 Å². The van der Waals surface area contributed by atoms with Gasteiger partial charge < -0.3 is 20.5 Å². The lowest BCUT2D eigenvalue weighted by Gasteiger charge is -2.36. The molecule has 1 aliphatic rings. The number of nitro groups is 1. The normalized spacial score (nSPS) is 18.9. The van der Waals surface area contributed by atoms with Crippen molar-refractivity contribution < 1.29 is 10.0 Å². The second-order valence-corrected chi connectivity index (χ2v) is 3.51. The molecule has 7 heteroatoms. The molecule has 14 heavy (non-hydrogen) atoms. The Morgan fingerprint density at radius 2 is 2.43 bits per heavy atom. The molecule has 0 bridgehead atoms. The molecule has 1 aliphatic heterocycles. The van der Waals surface area contributed by atoms with Gasteiger partial charge in [-0.1, -0.05) is 5.10 Å². The van der Waals surface area contributed by atoms with Gasteiger partial charge in [0.1, 0.15) is 0 Å². The smallest absolute Gasteiger partial charge is 0.342 e. The fourth-order valence-electron chi connectivity index (χ4n) is 1.41. The summed E-state index contributed by atoms with van der Waals surface area (Å²) in [6.07, 6.45) is 0.338. The summed E-state index contributed by atoms with van der Waals surface area (Å²) in [6.45, 7) is 1.02. The minimum atomic E-state index is -0.789. The van der Waals surface area contributed by atoms with Crippen LogP contribution in [0.25, 0.3) is 0 Å². The van der Waals surface area contributed by atoms with Crippen LogP contribution in [0.1, 0.15) is 5.69 Å². The Bertz CT molecular complexity index is 358. The van der Waals surface area contributed by atoms with E-state index in [1.807, 2.05) is 0 Å². The third-order valence-corrected chi connectivity index (χ3v) is 2.23. The van der Waals surface area contributed by atoms with E-state index in [0.29, 0.717) is 25.2 Å². The Morgan fingerprint density at radius 1 is 1.71 bits per heavy atom. The average Bonchev–Trinajstić information content (AvgIpc) is 2.50. The van der Waals surface area contributed by atoms with Crippen LogP contribution in [0.4, 0.5) is 5.82 Å². The highest BCUT2D eigenvalue weighted by molar-refractivity contribution is 5.22. The van der Waals surface area contributed by atoms with Gasteiger partial charge in [-0.25, -0.2) is 0 Å². The SMILES string of the molecule is O=[N+]([O-])c1cc(CC2(O)CNC2)n[nH]1. The van der Waals surface area contributed by atoms with E-state index in [-0.39, 0.29) is 5.82 Å². The van der Waals surface area contributed by atoms with Crippen LogP contribution in [0, 0.1) is 10.1 Å². The average molecular weight is 198 g/mol. The zero-order valence-corrected chi connectivity index (χ0v) is 7.36. The van der Waals surface area contributed by atoms with E-state index >= 15 is 0 Å². The summed E-state index contributed by atoms with van der Waals surface area (Å²) in [5.74, 6) is -0.143. The highest BCUT2D eigenvalue weighted by Gasteiger charge is 2.35. The van der Waals surface area contributed by atoms with Gasteiger partial charge in [-0.05, 0) is 4.92 Å². The van der Waals surface area contributed by atoms with Crippen molar-refractivity contribution >= 4 is 5.82 Å². The van der Waals surface area contributed by atoms with Gasteiger partial charge in [0.05, 0.1) is 17.4 Å². The molecule has 3 N–H and O–H groups in total. The molecule has 0 atom stereocenters. The lowest BCUT2D eigenvalue weighted by molar-refractivity contribution is -0.389. The summed E-state index contributed by atoms with van der Waals surface area (Å²) in [7, 11) is 0. The topological polar surface area (TPSA) is 104 Å². The van der Waals surface area contributed by atoms with Crippen LogP contribution in [-0.4, -0.2) is 38.9 Å². The largest absolute Gasteiger partial charge is 0.387 e. The van der Waals surface area contributed by atoms with E-state index in [0.717, 1.165) is 0 Å². The maximum atomic E-state index is 10.3. The van der Waals surface area contributed by atoms with Gasteiger partial charge in [0.25, 0.3) is 0 Å². The Hall–Kier alpha value is -1.47. The molecule has 76 valence electrons. The van der Waals surface area contributed by atoms with Crippen molar-refractivity contribution in [2.45, 2.75) is 12.0 Å². The summed E-state index contributed by atoms with van der Waals surface area (Å²) in [6, 6.07) is 1.34. The molecule has 0 aliphatic carbocycles. The number of aliphatic hydroxyl groups is 1. The molecule has 7 nitrogen and oxygen atoms in total. The standard InChI is InChI=1S/C7H10N4O3/c12-7(3-8-4-7)2-5-1-6(10-9-5)11(13)14/h1,8,12H,2-4H2,(H,9,10). The third-order valence-electron chi connectivity index (χ3n) is 2.23. The Labute approximate surface area is 79.3 Å². The molecule has 1 saturated heterocycles. The summed E-state index contributed by atoms with van der Waals surface area (Å²) in [5, 5.41) is 29.0. The number of H-pyrrole nitrogens is 1. The second kappa shape index (κ2) is 3.03. The van der Waals surface area contributed by atoms with Gasteiger partial charge in [0.15, 0.2) is 0 Å². The van der Waals surface area contributed by atoms with Crippen molar-refractivity contribution in [2.24, 2.45) is 0 Å². The van der Waals surface area contributed by atoms with Crippen LogP contribution in [0.2, 0.25) is 0 Å². The number of nitrogens with zero attached hydrogens (tertiary/aromatic N) is 2. The number of nitrogens with one attached hydrogen (secondary N) is 2. The summed E-state index contributed by atoms with van der Waals surface area (Å²) < 4.78 is 0. The van der Waals surface area contributed by atoms with Crippen molar-refractivity contribution in [3.05, 3.63) is 21.9 Å². The maximum absolute atomic E-state index is 10.3. The Kier molecular flexibility index (Phi) is 1.97. The molecule has 0 amide bonds. The molecule has 2 rings (SSSR count). The number of hydrogen-bond acceptors (Lipinski definition) is 5. The minimum absolute atomic E-state index is 0.143. The van der Waals surface area contributed by atoms with E-state index in [2.05, 4.69) is 15.5 Å². The number of rotatable bonds is 3. The van der Waals surface area contributed by atoms with Crippen LogP contribution in [-0.2, 0) is 6.42 Å². The van der Waals surface area contributed by atoms with E-state index in [1.165, 1.54) is 6.07 Å². The molecule has 2 heterocycles. The van der Waals surface area contributed by atoms with Crippen LogP contribution >= 0.6 is 0 Å². The lowest BCUT2D eigenvalue weighted by atomic mass is 9.92. The molecule has 0 spiro atoms. The van der Waals surface area contributed by atoms with Crippen molar-refractivity contribution in [1.82, 2.24) is 15.5 Å².